The van der Waals surface area contributed by atoms with Gasteiger partial charge in [-0.05, 0) is 24.4 Å². The third-order valence-corrected chi connectivity index (χ3v) is 4.64. The van der Waals surface area contributed by atoms with Gasteiger partial charge >= 0.3 is 0 Å². The lowest BCUT2D eigenvalue weighted by atomic mass is 10.2. The number of nitrogens with zero attached hydrogens (tertiary/aromatic N) is 1. The highest BCUT2D eigenvalue weighted by Gasteiger charge is 2.16. The maximum atomic E-state index is 12.1. The molecule has 0 aromatic carbocycles. The third-order valence-electron chi connectivity index (χ3n) is 2.74. The van der Waals surface area contributed by atoms with Gasteiger partial charge in [0.15, 0.2) is 0 Å². The third kappa shape index (κ3) is 3.62. The van der Waals surface area contributed by atoms with Crippen molar-refractivity contribution in [3.63, 3.8) is 0 Å². The van der Waals surface area contributed by atoms with Crippen LogP contribution in [0.2, 0.25) is 0 Å². The highest BCUT2D eigenvalue weighted by atomic mass is 32.1. The Bertz CT molecular complexity index is 522. The van der Waals surface area contributed by atoms with Crippen LogP contribution in [0.1, 0.15) is 39.8 Å². The first kappa shape index (κ1) is 14.2. The summed E-state index contributed by atoms with van der Waals surface area (Å²) in [5.41, 5.74) is 5.97. The summed E-state index contributed by atoms with van der Waals surface area (Å²) in [7, 11) is 0. The Balaban J connectivity index is 2.02. The molecule has 1 amide bonds. The molecule has 0 bridgehead atoms. The molecule has 0 fully saturated rings. The molecule has 6 heteroatoms. The van der Waals surface area contributed by atoms with Gasteiger partial charge in [-0.3, -0.25) is 4.79 Å². The number of thiophene rings is 1. The second-order valence-electron chi connectivity index (χ2n) is 4.11. The summed E-state index contributed by atoms with van der Waals surface area (Å²) in [5.74, 6) is -0.111. The van der Waals surface area contributed by atoms with Crippen LogP contribution in [0.3, 0.4) is 0 Å². The first-order chi connectivity index (χ1) is 9.24. The number of amides is 1. The molecular formula is C13H17N3OS2. The van der Waals surface area contributed by atoms with Crippen LogP contribution in [0.5, 0.6) is 0 Å². The van der Waals surface area contributed by atoms with Gasteiger partial charge in [-0.25, -0.2) is 4.98 Å². The van der Waals surface area contributed by atoms with Crippen LogP contribution in [0.15, 0.2) is 22.9 Å². The highest BCUT2D eigenvalue weighted by molar-refractivity contribution is 7.10. The number of nitrogens with two attached hydrogens (primary N) is 1. The second-order valence-corrected chi connectivity index (χ2v) is 6.04. The van der Waals surface area contributed by atoms with Crippen molar-refractivity contribution in [2.24, 2.45) is 5.73 Å². The summed E-state index contributed by atoms with van der Waals surface area (Å²) in [6.07, 6.45) is 1.59. The van der Waals surface area contributed by atoms with E-state index in [1.165, 1.54) is 16.2 Å². The molecule has 102 valence electrons. The van der Waals surface area contributed by atoms with Crippen LogP contribution in [-0.2, 0) is 6.42 Å². The molecule has 4 nitrogen and oxygen atoms in total. The van der Waals surface area contributed by atoms with Crippen molar-refractivity contribution in [2.45, 2.75) is 25.8 Å². The van der Waals surface area contributed by atoms with Gasteiger partial charge in [0.05, 0.1) is 11.0 Å². The van der Waals surface area contributed by atoms with E-state index in [4.69, 9.17) is 5.73 Å². The Morgan fingerprint density at radius 3 is 3.00 bits per heavy atom. The fourth-order valence-electron chi connectivity index (χ4n) is 1.75. The van der Waals surface area contributed by atoms with Crippen LogP contribution in [0.25, 0.3) is 0 Å². The summed E-state index contributed by atoms with van der Waals surface area (Å²) >= 11 is 3.14. The lowest BCUT2D eigenvalue weighted by molar-refractivity contribution is 0.0931. The molecule has 2 rings (SSSR count). The van der Waals surface area contributed by atoms with E-state index in [9.17, 15) is 4.79 Å². The second kappa shape index (κ2) is 6.79. The van der Waals surface area contributed by atoms with Crippen LogP contribution in [-0.4, -0.2) is 17.4 Å². The van der Waals surface area contributed by atoms with Gasteiger partial charge in [-0.2, -0.15) is 0 Å². The van der Waals surface area contributed by atoms with Gasteiger partial charge in [0.2, 0.25) is 0 Å². The van der Waals surface area contributed by atoms with E-state index in [1.807, 2.05) is 17.5 Å². The van der Waals surface area contributed by atoms with Gasteiger partial charge in [0, 0.05) is 16.7 Å². The predicted molar refractivity (Wildman–Crippen MR) is 79.7 cm³/mol. The van der Waals surface area contributed by atoms with Crippen LogP contribution in [0.4, 0.5) is 0 Å². The molecule has 0 saturated carbocycles. The number of nitrogens with one attached hydrogen (secondary N) is 1. The molecule has 1 atom stereocenters. The van der Waals surface area contributed by atoms with Crippen molar-refractivity contribution in [1.29, 1.82) is 0 Å². The Hall–Kier alpha value is -1.24. The number of hydrogen-bond donors (Lipinski definition) is 2. The van der Waals surface area contributed by atoms with Gasteiger partial charge in [0.25, 0.3) is 5.91 Å². The zero-order chi connectivity index (χ0) is 13.7. The Morgan fingerprint density at radius 2 is 2.37 bits per heavy atom. The van der Waals surface area contributed by atoms with Crippen LogP contribution >= 0.6 is 22.7 Å². The molecule has 2 heterocycles. The molecule has 2 aromatic rings. The first-order valence-corrected chi connectivity index (χ1v) is 7.99. The minimum Gasteiger partial charge on any atom is -0.343 e. The molecule has 19 heavy (non-hydrogen) atoms. The average Bonchev–Trinajstić information content (AvgIpc) is 3.07. The number of hydrogen-bond acceptors (Lipinski definition) is 5. The maximum Gasteiger partial charge on any atom is 0.271 e. The van der Waals surface area contributed by atoms with Crippen molar-refractivity contribution in [3.05, 3.63) is 38.5 Å². The summed E-state index contributed by atoms with van der Waals surface area (Å²) in [4.78, 5) is 17.6. The summed E-state index contributed by atoms with van der Waals surface area (Å²) in [5, 5.41) is 7.75. The lowest BCUT2D eigenvalue weighted by Crippen LogP contribution is -2.27. The van der Waals surface area contributed by atoms with Crippen LogP contribution in [0, 0.1) is 0 Å². The molecule has 1 unspecified atom stereocenters. The monoisotopic (exact) mass is 295 g/mol. The minimum absolute atomic E-state index is 0.0622. The largest absolute Gasteiger partial charge is 0.343 e. The van der Waals surface area contributed by atoms with Gasteiger partial charge in [-0.15, -0.1) is 22.7 Å². The molecule has 0 aliphatic heterocycles. The Morgan fingerprint density at radius 1 is 1.53 bits per heavy atom. The van der Waals surface area contributed by atoms with E-state index in [0.29, 0.717) is 12.2 Å². The minimum atomic E-state index is -0.111. The van der Waals surface area contributed by atoms with Gasteiger partial charge < -0.3 is 11.1 Å². The van der Waals surface area contributed by atoms with Crippen molar-refractivity contribution < 1.29 is 4.79 Å². The summed E-state index contributed by atoms with van der Waals surface area (Å²) < 4.78 is 0. The van der Waals surface area contributed by atoms with E-state index in [-0.39, 0.29) is 11.9 Å². The topological polar surface area (TPSA) is 68.0 Å². The quantitative estimate of drug-likeness (QED) is 0.860. The van der Waals surface area contributed by atoms with Crippen molar-refractivity contribution >= 4 is 28.6 Å². The zero-order valence-corrected chi connectivity index (χ0v) is 12.4. The zero-order valence-electron chi connectivity index (χ0n) is 10.8. The van der Waals surface area contributed by atoms with E-state index < -0.39 is 0 Å². The average molecular weight is 295 g/mol. The molecule has 0 spiro atoms. The number of thiazole rings is 1. The molecule has 3 N–H and O–H groups in total. The molecule has 2 aromatic heterocycles. The fraction of sp³-hybridized carbons (Fsp3) is 0.385. The fourth-order valence-corrected chi connectivity index (χ4v) is 3.41. The SMILES string of the molecule is CCC(NC(=O)c1csc(CCN)n1)c1cccs1. The Labute approximate surface area is 120 Å². The predicted octanol–water partition coefficient (Wildman–Crippen LogP) is 2.59. The normalized spacial score (nSPS) is 12.3. The molecule has 0 aliphatic carbocycles. The number of rotatable bonds is 6. The lowest BCUT2D eigenvalue weighted by Gasteiger charge is -2.14. The first-order valence-electron chi connectivity index (χ1n) is 6.23. The molecule has 0 aliphatic rings. The number of aromatic nitrogens is 1. The standard InChI is InChI=1S/C13H17N3OS2/c1-2-9(11-4-3-7-18-11)16-13(17)10-8-19-12(15-10)5-6-14/h3-4,7-9H,2,5-6,14H2,1H3,(H,16,17). The van der Waals surface area contributed by atoms with Crippen LogP contribution < -0.4 is 11.1 Å². The molecular weight excluding hydrogens is 278 g/mol. The van der Waals surface area contributed by atoms with Crippen molar-refractivity contribution in [1.82, 2.24) is 10.3 Å². The smallest absolute Gasteiger partial charge is 0.271 e. The maximum absolute atomic E-state index is 12.1. The summed E-state index contributed by atoms with van der Waals surface area (Å²) in [6.45, 7) is 2.62. The van der Waals surface area contributed by atoms with E-state index in [0.717, 1.165) is 17.8 Å². The van der Waals surface area contributed by atoms with Gasteiger partial charge in [0.1, 0.15) is 5.69 Å². The Kier molecular flexibility index (Phi) is 5.07. The number of carbonyl (C=O) groups is 1. The van der Waals surface area contributed by atoms with E-state index >= 15 is 0 Å². The summed E-state index contributed by atoms with van der Waals surface area (Å²) in [6, 6.07) is 4.10. The highest BCUT2D eigenvalue weighted by Crippen LogP contribution is 2.22. The van der Waals surface area contributed by atoms with Crippen molar-refractivity contribution in [3.8, 4) is 0 Å². The van der Waals surface area contributed by atoms with E-state index in [1.54, 1.807) is 16.7 Å². The molecule has 0 saturated heterocycles. The molecule has 0 radical (unpaired) electrons. The van der Waals surface area contributed by atoms with Gasteiger partial charge in [-0.1, -0.05) is 13.0 Å². The number of carbonyl (C=O) groups excluding carboxylic acids is 1. The van der Waals surface area contributed by atoms with E-state index in [2.05, 4.69) is 17.2 Å². The van der Waals surface area contributed by atoms with Crippen molar-refractivity contribution in [2.75, 3.05) is 6.54 Å².